The molecule has 0 saturated carbocycles. The number of carbonyl (C=O) groups is 1. The molecule has 0 bridgehead atoms. The van der Waals surface area contributed by atoms with Gasteiger partial charge in [-0.1, -0.05) is 18.2 Å². The van der Waals surface area contributed by atoms with Crippen molar-refractivity contribution in [1.82, 2.24) is 10.2 Å². The molecular formula is C20H30N2O2. The molecule has 1 N–H and O–H groups in total. The lowest BCUT2D eigenvalue weighted by Gasteiger charge is -2.27. The smallest absolute Gasteiger partial charge is 0.410 e. The van der Waals surface area contributed by atoms with E-state index in [9.17, 15) is 4.79 Å². The normalized spacial score (nSPS) is 21.8. The van der Waals surface area contributed by atoms with E-state index in [1.807, 2.05) is 25.7 Å². The van der Waals surface area contributed by atoms with E-state index in [2.05, 4.69) is 23.5 Å². The van der Waals surface area contributed by atoms with Crippen molar-refractivity contribution in [1.29, 1.82) is 0 Å². The summed E-state index contributed by atoms with van der Waals surface area (Å²) in [5, 5.41) is 3.49. The van der Waals surface area contributed by atoms with Crippen LogP contribution in [0.4, 0.5) is 4.79 Å². The fourth-order valence-electron chi connectivity index (χ4n) is 3.65. The van der Waals surface area contributed by atoms with Crippen molar-refractivity contribution in [3.63, 3.8) is 0 Å². The van der Waals surface area contributed by atoms with Gasteiger partial charge in [-0.25, -0.2) is 4.79 Å². The summed E-state index contributed by atoms with van der Waals surface area (Å²) in [7, 11) is 0. The van der Waals surface area contributed by atoms with Crippen LogP contribution in [0.25, 0.3) is 0 Å². The second-order valence-electron chi connectivity index (χ2n) is 8.08. The molecule has 1 atom stereocenters. The molecule has 0 aromatic heterocycles. The first kappa shape index (κ1) is 17.3. The number of amides is 1. The lowest BCUT2D eigenvalue weighted by molar-refractivity contribution is 0.0237. The molecule has 4 nitrogen and oxygen atoms in total. The Morgan fingerprint density at radius 3 is 2.79 bits per heavy atom. The number of nitrogens with zero attached hydrogens (tertiary/aromatic N) is 1. The third-order valence-electron chi connectivity index (χ3n) is 4.89. The number of ether oxygens (including phenoxy) is 1. The number of benzene rings is 1. The molecule has 2 aliphatic heterocycles. The molecule has 2 heterocycles. The van der Waals surface area contributed by atoms with Crippen molar-refractivity contribution in [3.05, 3.63) is 34.9 Å². The second-order valence-corrected chi connectivity index (χ2v) is 8.08. The van der Waals surface area contributed by atoms with Gasteiger partial charge in [0.05, 0.1) is 0 Å². The van der Waals surface area contributed by atoms with Gasteiger partial charge in [0.2, 0.25) is 0 Å². The number of hydrogen-bond acceptors (Lipinski definition) is 3. The topological polar surface area (TPSA) is 41.6 Å². The zero-order valence-electron chi connectivity index (χ0n) is 15.2. The van der Waals surface area contributed by atoms with Gasteiger partial charge < -0.3 is 15.0 Å². The Morgan fingerprint density at radius 2 is 2.08 bits per heavy atom. The van der Waals surface area contributed by atoms with Crippen LogP contribution >= 0.6 is 0 Å². The Hall–Kier alpha value is -1.55. The highest BCUT2D eigenvalue weighted by atomic mass is 16.6. The highest BCUT2D eigenvalue weighted by Gasteiger charge is 2.25. The highest BCUT2D eigenvalue weighted by molar-refractivity contribution is 5.68. The third-order valence-corrected chi connectivity index (χ3v) is 4.89. The number of aryl methyl sites for hydroxylation is 1. The van der Waals surface area contributed by atoms with Gasteiger partial charge >= 0.3 is 6.09 Å². The number of carbonyl (C=O) groups excluding carboxylic acids is 1. The quantitative estimate of drug-likeness (QED) is 0.851. The van der Waals surface area contributed by atoms with Gasteiger partial charge in [-0.2, -0.15) is 0 Å². The first-order valence-electron chi connectivity index (χ1n) is 9.23. The van der Waals surface area contributed by atoms with E-state index in [0.717, 1.165) is 32.5 Å². The van der Waals surface area contributed by atoms with Gasteiger partial charge in [0.1, 0.15) is 5.60 Å². The van der Waals surface area contributed by atoms with E-state index in [0.29, 0.717) is 12.5 Å². The minimum Gasteiger partial charge on any atom is -0.444 e. The van der Waals surface area contributed by atoms with E-state index in [-0.39, 0.29) is 6.09 Å². The van der Waals surface area contributed by atoms with Gasteiger partial charge in [0.15, 0.2) is 0 Å². The van der Waals surface area contributed by atoms with Gasteiger partial charge in [0.25, 0.3) is 0 Å². The van der Waals surface area contributed by atoms with E-state index in [1.165, 1.54) is 29.5 Å². The van der Waals surface area contributed by atoms with Crippen molar-refractivity contribution >= 4 is 6.09 Å². The summed E-state index contributed by atoms with van der Waals surface area (Å²) in [5.41, 5.74) is 3.64. The maximum absolute atomic E-state index is 12.5. The molecule has 0 radical (unpaired) electrons. The average Bonchev–Trinajstić information content (AvgIpc) is 2.75. The minimum atomic E-state index is -0.443. The Balaban J connectivity index is 1.77. The summed E-state index contributed by atoms with van der Waals surface area (Å²) in [4.78, 5) is 14.3. The van der Waals surface area contributed by atoms with E-state index in [4.69, 9.17) is 4.74 Å². The molecule has 0 spiro atoms. The standard InChI is InChI=1S/C20H30N2O2/c1-20(2,3)24-19(23)22-11-5-7-15-8-9-16(12-18(15)14-22)17-6-4-10-21-13-17/h8-9,12,17,21H,4-7,10-11,13-14H2,1-3H3. The van der Waals surface area contributed by atoms with E-state index < -0.39 is 5.60 Å². The van der Waals surface area contributed by atoms with Crippen molar-refractivity contribution in [2.75, 3.05) is 19.6 Å². The van der Waals surface area contributed by atoms with Crippen LogP contribution in [0.2, 0.25) is 0 Å². The third kappa shape index (κ3) is 4.29. The molecule has 1 unspecified atom stereocenters. The van der Waals surface area contributed by atoms with Gasteiger partial charge in [0, 0.05) is 19.6 Å². The van der Waals surface area contributed by atoms with Crippen molar-refractivity contribution < 1.29 is 9.53 Å². The molecular weight excluding hydrogens is 300 g/mol. The molecule has 1 saturated heterocycles. The number of piperidine rings is 1. The van der Waals surface area contributed by atoms with Gasteiger partial charge in [-0.05, 0) is 75.6 Å². The SMILES string of the molecule is CC(C)(C)OC(=O)N1CCCc2ccc(C3CCCNC3)cc2C1. The summed E-state index contributed by atoms with van der Waals surface area (Å²) < 4.78 is 5.57. The zero-order chi connectivity index (χ0) is 17.2. The Morgan fingerprint density at radius 1 is 1.25 bits per heavy atom. The summed E-state index contributed by atoms with van der Waals surface area (Å²) in [6.07, 6.45) is 4.34. The highest BCUT2D eigenvalue weighted by Crippen LogP contribution is 2.28. The van der Waals surface area contributed by atoms with Crippen LogP contribution in [0, 0.1) is 0 Å². The summed E-state index contributed by atoms with van der Waals surface area (Å²) in [5.74, 6) is 0.599. The molecule has 0 aliphatic carbocycles. The van der Waals surface area contributed by atoms with Crippen LogP contribution in [-0.2, 0) is 17.7 Å². The molecule has 1 aromatic rings. The van der Waals surface area contributed by atoms with Crippen LogP contribution in [0.5, 0.6) is 0 Å². The lowest BCUT2D eigenvalue weighted by Crippen LogP contribution is -2.36. The largest absolute Gasteiger partial charge is 0.444 e. The monoisotopic (exact) mass is 330 g/mol. The number of hydrogen-bond donors (Lipinski definition) is 1. The summed E-state index contributed by atoms with van der Waals surface area (Å²) in [6.45, 7) is 9.39. The van der Waals surface area contributed by atoms with Crippen LogP contribution in [0.3, 0.4) is 0 Å². The number of rotatable bonds is 1. The fraction of sp³-hybridized carbons (Fsp3) is 0.650. The molecule has 24 heavy (non-hydrogen) atoms. The molecule has 2 aliphatic rings. The Bertz CT molecular complexity index is 586. The molecule has 132 valence electrons. The minimum absolute atomic E-state index is 0.194. The first-order chi connectivity index (χ1) is 11.4. The van der Waals surface area contributed by atoms with Crippen molar-refractivity contribution in [2.45, 2.75) is 64.5 Å². The average molecular weight is 330 g/mol. The van der Waals surface area contributed by atoms with E-state index in [1.54, 1.807) is 0 Å². The summed E-state index contributed by atoms with van der Waals surface area (Å²) in [6, 6.07) is 6.90. The number of nitrogens with one attached hydrogen (secondary N) is 1. The first-order valence-corrected chi connectivity index (χ1v) is 9.23. The van der Waals surface area contributed by atoms with Crippen LogP contribution < -0.4 is 5.32 Å². The summed E-state index contributed by atoms with van der Waals surface area (Å²) >= 11 is 0. The van der Waals surface area contributed by atoms with Crippen LogP contribution in [0.1, 0.15) is 62.6 Å². The maximum Gasteiger partial charge on any atom is 0.410 e. The molecule has 3 rings (SSSR count). The predicted octanol–water partition coefficient (Wildman–Crippen LogP) is 3.84. The number of fused-ring (bicyclic) bond motifs is 1. The van der Waals surface area contributed by atoms with Gasteiger partial charge in [-0.3, -0.25) is 0 Å². The van der Waals surface area contributed by atoms with Crippen LogP contribution in [0.15, 0.2) is 18.2 Å². The Labute approximate surface area is 145 Å². The molecule has 1 aromatic carbocycles. The van der Waals surface area contributed by atoms with Crippen molar-refractivity contribution in [3.8, 4) is 0 Å². The van der Waals surface area contributed by atoms with Crippen molar-refractivity contribution in [2.24, 2.45) is 0 Å². The Kier molecular flexibility index (Phi) is 5.14. The van der Waals surface area contributed by atoms with E-state index >= 15 is 0 Å². The molecule has 1 amide bonds. The fourth-order valence-corrected chi connectivity index (χ4v) is 3.65. The molecule has 1 fully saturated rings. The molecule has 4 heteroatoms. The second kappa shape index (κ2) is 7.14. The van der Waals surface area contributed by atoms with Gasteiger partial charge in [-0.15, -0.1) is 0 Å². The van der Waals surface area contributed by atoms with Crippen LogP contribution in [-0.4, -0.2) is 36.2 Å². The lowest BCUT2D eigenvalue weighted by atomic mass is 9.89. The predicted molar refractivity (Wildman–Crippen MR) is 96.3 cm³/mol. The maximum atomic E-state index is 12.5. The zero-order valence-corrected chi connectivity index (χ0v) is 15.2.